The summed E-state index contributed by atoms with van der Waals surface area (Å²) in [6, 6.07) is 11.4. The number of fused-ring (bicyclic) bond motifs is 4. The number of aliphatic carboxylic acids is 1. The molecule has 3 aliphatic rings. The molecule has 14 heteroatoms. The minimum atomic E-state index is -1.79. The molecule has 238 valence electrons. The van der Waals surface area contributed by atoms with Crippen LogP contribution in [0.15, 0.2) is 59.5 Å². The van der Waals surface area contributed by atoms with Gasteiger partial charge in [-0.05, 0) is 31.5 Å². The molecule has 4 heterocycles. The third kappa shape index (κ3) is 5.55. The topological polar surface area (TPSA) is 133 Å². The van der Waals surface area contributed by atoms with Crippen molar-refractivity contribution in [1.82, 2.24) is 25.0 Å². The van der Waals surface area contributed by atoms with E-state index in [9.17, 15) is 33.1 Å². The summed E-state index contributed by atoms with van der Waals surface area (Å²) in [6.07, 6.45) is 2.95. The Kier molecular flexibility index (Phi) is 8.97. The predicted molar refractivity (Wildman–Crippen MR) is 160 cm³/mol. The summed E-state index contributed by atoms with van der Waals surface area (Å²) in [5, 5.41) is 15.5. The Morgan fingerprint density at radius 1 is 1.11 bits per heavy atom. The Morgan fingerprint density at radius 2 is 1.87 bits per heavy atom. The number of hydrogen-bond acceptors (Lipinski definition) is 7. The van der Waals surface area contributed by atoms with Crippen LogP contribution >= 0.6 is 12.4 Å². The fourth-order valence-electron chi connectivity index (χ4n) is 6.44. The van der Waals surface area contributed by atoms with Gasteiger partial charge >= 0.3 is 5.97 Å². The van der Waals surface area contributed by atoms with E-state index in [-0.39, 0.29) is 54.5 Å². The Hall–Kier alpha value is -4.33. The largest absolute Gasteiger partial charge is 0.484 e. The first-order valence-corrected chi connectivity index (χ1v) is 14.3. The first kappa shape index (κ1) is 32.1. The predicted octanol–water partition coefficient (Wildman–Crippen LogP) is 2.32. The van der Waals surface area contributed by atoms with Crippen molar-refractivity contribution in [3.05, 3.63) is 99.0 Å². The van der Waals surface area contributed by atoms with Gasteiger partial charge in [0.2, 0.25) is 5.43 Å². The van der Waals surface area contributed by atoms with Gasteiger partial charge in [0.1, 0.15) is 30.0 Å². The number of ether oxygens (including phenoxy) is 1. The lowest BCUT2D eigenvalue weighted by Crippen LogP contribution is -2.53. The lowest BCUT2D eigenvalue weighted by Gasteiger charge is -2.36. The number of hydrogen-bond donors (Lipinski definition) is 3. The molecular weight excluding hydrogens is 612 g/mol. The number of amides is 2. The van der Waals surface area contributed by atoms with Crippen molar-refractivity contribution < 1.29 is 33.0 Å². The van der Waals surface area contributed by atoms with Crippen molar-refractivity contribution in [2.24, 2.45) is 0 Å². The third-order valence-corrected chi connectivity index (χ3v) is 8.82. The highest BCUT2D eigenvalue weighted by molar-refractivity contribution is 5.99. The molecule has 3 aliphatic heterocycles. The van der Waals surface area contributed by atoms with Gasteiger partial charge in [-0.3, -0.25) is 24.6 Å². The van der Waals surface area contributed by atoms with Crippen LogP contribution in [0.4, 0.5) is 8.78 Å². The van der Waals surface area contributed by atoms with E-state index >= 15 is 0 Å². The summed E-state index contributed by atoms with van der Waals surface area (Å²) in [5.41, 5.74) is -2.78. The number of rotatable bonds is 9. The number of pyridine rings is 1. The maximum absolute atomic E-state index is 14.2. The van der Waals surface area contributed by atoms with Crippen LogP contribution < -0.4 is 20.8 Å². The Morgan fingerprint density at radius 3 is 2.56 bits per heavy atom. The van der Waals surface area contributed by atoms with Gasteiger partial charge in [-0.25, -0.2) is 13.6 Å². The maximum atomic E-state index is 14.2. The number of carboxylic acids is 1. The molecule has 0 aliphatic carbocycles. The van der Waals surface area contributed by atoms with Gasteiger partial charge in [-0.1, -0.05) is 36.4 Å². The summed E-state index contributed by atoms with van der Waals surface area (Å²) >= 11 is 0. The highest BCUT2D eigenvalue weighted by Gasteiger charge is 2.49. The van der Waals surface area contributed by atoms with Crippen LogP contribution in [-0.2, 0) is 23.4 Å². The second kappa shape index (κ2) is 12.6. The van der Waals surface area contributed by atoms with Crippen LogP contribution in [0, 0.1) is 11.6 Å². The number of halogens is 3. The van der Waals surface area contributed by atoms with E-state index in [2.05, 4.69) is 15.5 Å². The smallest absolute Gasteiger partial charge is 0.332 e. The molecule has 0 saturated carbocycles. The molecule has 3 atom stereocenters. The zero-order valence-corrected chi connectivity index (χ0v) is 25.1. The van der Waals surface area contributed by atoms with Crippen LogP contribution in [0.3, 0.4) is 0 Å². The molecule has 2 amide bonds. The van der Waals surface area contributed by atoms with Crippen molar-refractivity contribution in [1.29, 1.82) is 0 Å². The molecule has 3 N–H and O–H groups in total. The second-order valence-electron chi connectivity index (χ2n) is 11.2. The molecule has 2 fully saturated rings. The van der Waals surface area contributed by atoms with E-state index in [1.165, 1.54) is 23.9 Å². The number of likely N-dealkylation sites (N-methyl/N-ethyl adjacent to an activating group) is 1. The summed E-state index contributed by atoms with van der Waals surface area (Å²) in [4.78, 5) is 57.7. The molecule has 6 rings (SSSR count). The number of nitrogens with one attached hydrogen (secondary N) is 2. The van der Waals surface area contributed by atoms with Gasteiger partial charge in [0.05, 0.1) is 6.54 Å². The fraction of sp³-hybridized carbons (Fsp3) is 0.355. The van der Waals surface area contributed by atoms with E-state index in [0.717, 1.165) is 25.5 Å². The highest BCUT2D eigenvalue weighted by atomic mass is 35.5. The van der Waals surface area contributed by atoms with Gasteiger partial charge < -0.3 is 24.6 Å². The first-order chi connectivity index (χ1) is 21.1. The van der Waals surface area contributed by atoms with Gasteiger partial charge in [0, 0.05) is 43.5 Å². The van der Waals surface area contributed by atoms with Crippen molar-refractivity contribution >= 4 is 30.2 Å². The zero-order valence-electron chi connectivity index (χ0n) is 24.3. The molecule has 45 heavy (non-hydrogen) atoms. The molecule has 0 bridgehead atoms. The van der Waals surface area contributed by atoms with Crippen LogP contribution in [0.1, 0.15) is 44.8 Å². The Bertz CT molecular complexity index is 1710. The van der Waals surface area contributed by atoms with Crippen LogP contribution in [0.25, 0.3) is 0 Å². The first-order valence-electron chi connectivity index (χ1n) is 14.3. The van der Waals surface area contributed by atoms with Crippen molar-refractivity contribution in [3.63, 3.8) is 0 Å². The van der Waals surface area contributed by atoms with Gasteiger partial charge in [0.15, 0.2) is 17.0 Å². The molecule has 0 spiro atoms. The van der Waals surface area contributed by atoms with Crippen molar-refractivity contribution in [2.75, 3.05) is 26.7 Å². The highest BCUT2D eigenvalue weighted by Crippen LogP contribution is 2.36. The standard InChI is InChI=1S/C31H31F2N5O6.ClH/c1-34-31(30(42)43,19-6-3-2-4-7-19)17-44-27-25-29(41)38-14-21-8-5-11-37(21)24(38)16-36(25)15-22(26(27)39)28(40)35-13-18-9-10-20(32)12-23(18)33;/h2-4,6-7,9-10,12,15,21,24,34H,5,8,11,13-14,16-17H2,1H3,(H,35,40)(H,42,43);1H/t21-,24+,31-;/m1./s1. The number of carbonyl (C=O) groups excluding carboxylic acids is 2. The number of benzene rings is 2. The van der Waals surface area contributed by atoms with Gasteiger partial charge in [-0.15, -0.1) is 12.4 Å². The van der Waals surface area contributed by atoms with Gasteiger partial charge in [0.25, 0.3) is 11.8 Å². The summed E-state index contributed by atoms with van der Waals surface area (Å²) in [5.74, 6) is -4.66. The van der Waals surface area contributed by atoms with Crippen molar-refractivity contribution in [2.45, 2.75) is 43.7 Å². The summed E-state index contributed by atoms with van der Waals surface area (Å²) < 4.78 is 35.1. The summed E-state index contributed by atoms with van der Waals surface area (Å²) in [7, 11) is 1.44. The minimum Gasteiger partial charge on any atom is -0.484 e. The van der Waals surface area contributed by atoms with E-state index < -0.39 is 52.7 Å². The van der Waals surface area contributed by atoms with Crippen LogP contribution in [0.5, 0.6) is 5.75 Å². The monoisotopic (exact) mass is 643 g/mol. The molecule has 11 nitrogen and oxygen atoms in total. The molecule has 1 aromatic heterocycles. The lowest BCUT2D eigenvalue weighted by molar-refractivity contribution is -0.146. The minimum absolute atomic E-state index is 0. The average Bonchev–Trinajstić information content (AvgIpc) is 3.61. The SMILES string of the molecule is CN[C@@](COc1c2n(cc(C(=O)NCc3ccc(F)cc3F)c1=O)C[C@@H]1N(C[C@H]3CCCN31)C2=O)(C(=O)O)c1ccccc1.Cl. The summed E-state index contributed by atoms with van der Waals surface area (Å²) in [6.45, 7) is 0.651. The lowest BCUT2D eigenvalue weighted by atomic mass is 9.91. The molecular formula is C31H32ClF2N5O6. The molecule has 0 radical (unpaired) electrons. The van der Waals surface area contributed by atoms with Crippen molar-refractivity contribution in [3.8, 4) is 5.75 Å². The average molecular weight is 644 g/mol. The number of carbonyl (C=O) groups is 3. The second-order valence-corrected chi connectivity index (χ2v) is 11.2. The van der Waals surface area contributed by atoms with E-state index in [0.29, 0.717) is 18.2 Å². The quantitative estimate of drug-likeness (QED) is 0.324. The zero-order chi connectivity index (χ0) is 31.2. The van der Waals surface area contributed by atoms with E-state index in [1.54, 1.807) is 35.2 Å². The van der Waals surface area contributed by atoms with E-state index in [4.69, 9.17) is 4.74 Å². The van der Waals surface area contributed by atoms with Gasteiger partial charge in [-0.2, -0.15) is 0 Å². The maximum Gasteiger partial charge on any atom is 0.332 e. The van der Waals surface area contributed by atoms with Crippen LogP contribution in [-0.4, -0.2) is 76.2 Å². The van der Waals surface area contributed by atoms with Crippen LogP contribution in [0.2, 0.25) is 0 Å². The number of nitrogens with zero attached hydrogens (tertiary/aromatic N) is 3. The Balaban J connectivity index is 0.00000400. The number of aromatic nitrogens is 1. The Labute approximate surface area is 263 Å². The molecule has 3 aromatic rings. The number of carboxylic acid groups (broad SMARTS) is 1. The van der Waals surface area contributed by atoms with E-state index in [1.807, 2.05) is 0 Å². The molecule has 2 saturated heterocycles. The third-order valence-electron chi connectivity index (χ3n) is 8.82. The molecule has 0 unspecified atom stereocenters. The fourth-order valence-corrected chi connectivity index (χ4v) is 6.44. The molecule has 2 aromatic carbocycles. The normalized spacial score (nSPS) is 20.0.